The van der Waals surface area contributed by atoms with Crippen molar-refractivity contribution in [3.63, 3.8) is 0 Å². The van der Waals surface area contributed by atoms with Gasteiger partial charge in [0.05, 0.1) is 6.10 Å². The summed E-state index contributed by atoms with van der Waals surface area (Å²) in [5.74, 6) is 0.624. The molecule has 0 amide bonds. The molecule has 0 saturated heterocycles. The van der Waals surface area contributed by atoms with Crippen LogP contribution in [0.5, 0.6) is 0 Å². The molecule has 1 atom stereocenters. The summed E-state index contributed by atoms with van der Waals surface area (Å²) in [6, 6.07) is 0. The van der Waals surface area contributed by atoms with Crippen molar-refractivity contribution in [2.75, 3.05) is 0 Å². The van der Waals surface area contributed by atoms with Crippen molar-refractivity contribution in [2.45, 2.75) is 52.6 Å². The Morgan fingerprint density at radius 3 is 2.00 bits per heavy atom. The third-order valence-electron chi connectivity index (χ3n) is 2.17. The topological polar surface area (TPSA) is 49.7 Å². The first kappa shape index (κ1) is 11.9. The minimum Gasteiger partial charge on any atom is -0.346 e. The van der Waals surface area contributed by atoms with E-state index in [1.807, 2.05) is 6.92 Å². The first-order valence-electron chi connectivity index (χ1n) is 4.61. The van der Waals surface area contributed by atoms with Crippen LogP contribution >= 0.6 is 0 Å². The van der Waals surface area contributed by atoms with E-state index in [1.54, 1.807) is 0 Å². The standard InChI is InChI=1S/C9H20O3/c1-4-8(5-2)6-7(3)12-9(10)11/h7-11H,4-6H2,1-3H3. The van der Waals surface area contributed by atoms with Gasteiger partial charge in [0, 0.05) is 0 Å². The van der Waals surface area contributed by atoms with Crippen LogP contribution in [0.3, 0.4) is 0 Å². The zero-order chi connectivity index (χ0) is 9.56. The largest absolute Gasteiger partial charge is 0.346 e. The molecule has 3 nitrogen and oxygen atoms in total. The summed E-state index contributed by atoms with van der Waals surface area (Å²) < 4.78 is 4.80. The molecule has 0 aromatic heterocycles. The summed E-state index contributed by atoms with van der Waals surface area (Å²) in [5, 5.41) is 17.0. The normalized spacial score (nSPS) is 14.2. The Kier molecular flexibility index (Phi) is 6.34. The first-order chi connectivity index (χ1) is 5.60. The Labute approximate surface area is 74.4 Å². The molecule has 74 valence electrons. The van der Waals surface area contributed by atoms with Gasteiger partial charge < -0.3 is 14.9 Å². The van der Waals surface area contributed by atoms with E-state index in [0.29, 0.717) is 5.92 Å². The molecule has 0 aromatic rings. The van der Waals surface area contributed by atoms with Crippen molar-refractivity contribution in [1.29, 1.82) is 0 Å². The highest BCUT2D eigenvalue weighted by molar-refractivity contribution is 4.59. The summed E-state index contributed by atoms with van der Waals surface area (Å²) in [4.78, 5) is 0. The summed E-state index contributed by atoms with van der Waals surface area (Å²) >= 11 is 0. The molecule has 0 bridgehead atoms. The van der Waals surface area contributed by atoms with Crippen LogP contribution in [0.2, 0.25) is 0 Å². The van der Waals surface area contributed by atoms with Crippen molar-refractivity contribution in [2.24, 2.45) is 5.92 Å². The number of aliphatic hydroxyl groups excluding tert-OH is 1. The lowest BCUT2D eigenvalue weighted by atomic mass is 9.97. The van der Waals surface area contributed by atoms with E-state index in [-0.39, 0.29) is 6.10 Å². The Morgan fingerprint density at radius 2 is 1.67 bits per heavy atom. The molecular weight excluding hydrogens is 156 g/mol. The van der Waals surface area contributed by atoms with Crippen LogP contribution in [0.1, 0.15) is 40.0 Å². The van der Waals surface area contributed by atoms with Gasteiger partial charge in [0.25, 0.3) is 6.48 Å². The molecule has 0 saturated carbocycles. The minimum absolute atomic E-state index is 0.0742. The van der Waals surface area contributed by atoms with Crippen LogP contribution in [0, 0.1) is 5.92 Å². The van der Waals surface area contributed by atoms with Crippen LogP contribution in [0.15, 0.2) is 0 Å². The fraction of sp³-hybridized carbons (Fsp3) is 1.00. The third kappa shape index (κ3) is 5.52. The van der Waals surface area contributed by atoms with Gasteiger partial charge in [0.15, 0.2) is 0 Å². The van der Waals surface area contributed by atoms with E-state index >= 15 is 0 Å². The number of ether oxygens (including phenoxy) is 1. The monoisotopic (exact) mass is 176 g/mol. The summed E-state index contributed by atoms with van der Waals surface area (Å²) in [5.41, 5.74) is 0. The van der Waals surface area contributed by atoms with Gasteiger partial charge in [-0.15, -0.1) is 0 Å². The lowest BCUT2D eigenvalue weighted by molar-refractivity contribution is -0.255. The summed E-state index contributed by atoms with van der Waals surface area (Å²) in [6.45, 7) is 4.50. The molecule has 3 heteroatoms. The second kappa shape index (κ2) is 6.40. The van der Waals surface area contributed by atoms with Gasteiger partial charge in [-0.05, 0) is 19.3 Å². The van der Waals surface area contributed by atoms with Crippen LogP contribution in [-0.4, -0.2) is 22.8 Å². The maximum atomic E-state index is 8.51. The van der Waals surface area contributed by atoms with E-state index < -0.39 is 6.48 Å². The first-order valence-corrected chi connectivity index (χ1v) is 4.61. The van der Waals surface area contributed by atoms with Crippen molar-refractivity contribution in [3.8, 4) is 0 Å². The zero-order valence-electron chi connectivity index (χ0n) is 8.16. The van der Waals surface area contributed by atoms with E-state index in [2.05, 4.69) is 13.8 Å². The second-order valence-corrected chi connectivity index (χ2v) is 3.19. The highest BCUT2D eigenvalue weighted by Gasteiger charge is 2.12. The van der Waals surface area contributed by atoms with E-state index in [1.165, 1.54) is 0 Å². The molecule has 12 heavy (non-hydrogen) atoms. The average Bonchev–Trinajstić information content (AvgIpc) is 1.98. The Bertz CT molecular complexity index is 99.9. The molecule has 0 aromatic carbocycles. The molecule has 0 heterocycles. The van der Waals surface area contributed by atoms with Crippen LogP contribution in [0.4, 0.5) is 0 Å². The minimum atomic E-state index is -1.63. The molecule has 0 aliphatic carbocycles. The quantitative estimate of drug-likeness (QED) is 0.603. The molecule has 0 radical (unpaired) electrons. The van der Waals surface area contributed by atoms with Gasteiger partial charge in [-0.3, -0.25) is 0 Å². The molecule has 0 spiro atoms. The predicted octanol–water partition coefficient (Wildman–Crippen LogP) is 1.49. The third-order valence-corrected chi connectivity index (χ3v) is 2.17. The second-order valence-electron chi connectivity index (χ2n) is 3.19. The summed E-state index contributed by atoms with van der Waals surface area (Å²) in [6.07, 6.45) is 3.05. The van der Waals surface area contributed by atoms with Gasteiger partial charge in [0.2, 0.25) is 0 Å². The molecule has 2 N–H and O–H groups in total. The van der Waals surface area contributed by atoms with E-state index in [4.69, 9.17) is 14.9 Å². The number of hydrogen-bond donors (Lipinski definition) is 2. The van der Waals surface area contributed by atoms with Crippen LogP contribution in [0.25, 0.3) is 0 Å². The van der Waals surface area contributed by atoms with Crippen molar-refractivity contribution in [3.05, 3.63) is 0 Å². The van der Waals surface area contributed by atoms with Gasteiger partial charge in [0.1, 0.15) is 0 Å². The lowest BCUT2D eigenvalue weighted by Gasteiger charge is -2.19. The maximum Gasteiger partial charge on any atom is 0.266 e. The van der Waals surface area contributed by atoms with Crippen LogP contribution < -0.4 is 0 Å². The Balaban J connectivity index is 3.58. The highest BCUT2D eigenvalue weighted by atomic mass is 16.7. The zero-order valence-corrected chi connectivity index (χ0v) is 8.16. The molecular formula is C9H20O3. The van der Waals surface area contributed by atoms with Crippen molar-refractivity contribution < 1.29 is 14.9 Å². The molecule has 0 aliphatic heterocycles. The van der Waals surface area contributed by atoms with Gasteiger partial charge in [-0.1, -0.05) is 26.7 Å². The fourth-order valence-electron chi connectivity index (χ4n) is 1.35. The average molecular weight is 176 g/mol. The smallest absolute Gasteiger partial charge is 0.266 e. The molecule has 0 rings (SSSR count). The number of rotatable bonds is 6. The number of aliphatic hydroxyl groups is 2. The molecule has 1 unspecified atom stereocenters. The number of hydrogen-bond acceptors (Lipinski definition) is 3. The van der Waals surface area contributed by atoms with Crippen molar-refractivity contribution >= 4 is 0 Å². The van der Waals surface area contributed by atoms with E-state index in [9.17, 15) is 0 Å². The predicted molar refractivity (Wildman–Crippen MR) is 47.5 cm³/mol. The Hall–Kier alpha value is -0.120. The summed E-state index contributed by atoms with van der Waals surface area (Å²) in [7, 11) is 0. The fourth-order valence-corrected chi connectivity index (χ4v) is 1.35. The SMILES string of the molecule is CCC(CC)CC(C)OC(O)O. The van der Waals surface area contributed by atoms with Crippen molar-refractivity contribution in [1.82, 2.24) is 0 Å². The van der Waals surface area contributed by atoms with Gasteiger partial charge >= 0.3 is 0 Å². The van der Waals surface area contributed by atoms with Gasteiger partial charge in [-0.2, -0.15) is 0 Å². The van der Waals surface area contributed by atoms with Crippen LogP contribution in [-0.2, 0) is 4.74 Å². The van der Waals surface area contributed by atoms with E-state index in [0.717, 1.165) is 19.3 Å². The van der Waals surface area contributed by atoms with Gasteiger partial charge in [-0.25, -0.2) is 0 Å². The maximum absolute atomic E-state index is 8.51. The molecule has 0 aliphatic rings. The Morgan fingerprint density at radius 1 is 1.17 bits per heavy atom. The molecule has 0 fully saturated rings. The lowest BCUT2D eigenvalue weighted by Crippen LogP contribution is -2.21. The highest BCUT2D eigenvalue weighted by Crippen LogP contribution is 2.16.